The normalized spacial score (nSPS) is 8.71. The van der Waals surface area contributed by atoms with E-state index in [-0.39, 0.29) is 71.2 Å². The van der Waals surface area contributed by atoms with Crippen molar-refractivity contribution >= 4 is 34.1 Å². The maximum absolute atomic E-state index is 11.9. The number of carbonyl (C=O) groups is 2. The van der Waals surface area contributed by atoms with E-state index in [0.717, 1.165) is 6.92 Å². The van der Waals surface area contributed by atoms with Gasteiger partial charge in [0.25, 0.3) is 0 Å². The number of hydrogen-bond donors (Lipinski definition) is 0. The van der Waals surface area contributed by atoms with Crippen molar-refractivity contribution in [2.75, 3.05) is 0 Å². The molecule has 0 aliphatic rings. The Bertz CT molecular complexity index is 1150. The summed E-state index contributed by atoms with van der Waals surface area (Å²) in [4.78, 5) is 21.8. The summed E-state index contributed by atoms with van der Waals surface area (Å²) in [5, 5.41) is 13.2. The molecule has 1 aromatic carbocycles. The summed E-state index contributed by atoms with van der Waals surface area (Å²) in [5.41, 5.74) is 0. The maximum Gasteiger partial charge on any atom is 1.00 e. The van der Waals surface area contributed by atoms with E-state index in [4.69, 9.17) is 15.9 Å². The van der Waals surface area contributed by atoms with Crippen molar-refractivity contribution in [2.24, 2.45) is 0 Å². The van der Waals surface area contributed by atoms with E-state index in [1.165, 1.54) is 0 Å². The van der Waals surface area contributed by atoms with Crippen LogP contribution in [0.2, 0.25) is 0 Å². The molecule has 0 saturated carbocycles. The smallest absolute Gasteiger partial charge is 0.744 e. The van der Waals surface area contributed by atoms with Crippen LogP contribution in [-0.4, -0.2) is 24.9 Å². The monoisotopic (exact) mass is 480 g/mol. The van der Waals surface area contributed by atoms with Crippen LogP contribution in [0.5, 0.6) is 11.5 Å². The Morgan fingerprint density at radius 3 is 2.23 bits per heavy atom. The molecule has 0 atom stereocenters. The summed E-state index contributed by atoms with van der Waals surface area (Å²) in [7, 11) is -5.02. The summed E-state index contributed by atoms with van der Waals surface area (Å²) in [6, 6.07) is 1.33. The average Bonchev–Trinajstić information content (AvgIpc) is 2.63. The van der Waals surface area contributed by atoms with Crippen LogP contribution >= 0.6 is 12.0 Å². The van der Waals surface area contributed by atoms with Gasteiger partial charge in [0.2, 0.25) is 0 Å². The first-order valence-electron chi connectivity index (χ1n) is 6.83. The van der Waals surface area contributed by atoms with Gasteiger partial charge < -0.3 is 19.3 Å². The fraction of sp³-hybridized carbons (Fsp3) is 0.0588. The van der Waals surface area contributed by atoms with Gasteiger partial charge in [0, 0.05) is 18.9 Å². The average molecular weight is 480 g/mol. The van der Waals surface area contributed by atoms with Gasteiger partial charge in [-0.15, -0.1) is 6.42 Å². The molecular formula is C17H6Na2O10S2. The molecule has 1 rings (SSSR count). The summed E-state index contributed by atoms with van der Waals surface area (Å²) < 4.78 is 47.5. The predicted molar refractivity (Wildman–Crippen MR) is 91.5 cm³/mol. The summed E-state index contributed by atoms with van der Waals surface area (Å²) in [6.07, 6.45) is 4.88. The summed E-state index contributed by atoms with van der Waals surface area (Å²) >= 11 is 0.0782. The van der Waals surface area contributed by atoms with Gasteiger partial charge in [0.1, 0.15) is 10.1 Å². The second kappa shape index (κ2) is 16.2. The number of carbonyl (C=O) groups excluding carboxylic acids is 2. The van der Waals surface area contributed by atoms with Gasteiger partial charge >= 0.3 is 71.1 Å². The van der Waals surface area contributed by atoms with Crippen LogP contribution < -0.4 is 73.8 Å². The molecule has 0 fully saturated rings. The van der Waals surface area contributed by atoms with Crippen molar-refractivity contribution in [3.05, 3.63) is 12.1 Å². The Morgan fingerprint density at radius 2 is 1.68 bits per heavy atom. The first-order chi connectivity index (χ1) is 13.7. The second-order valence-electron chi connectivity index (χ2n) is 4.30. The fourth-order valence-electron chi connectivity index (χ4n) is 1.47. The number of ether oxygens (including phenoxy) is 2. The molecule has 31 heavy (non-hydrogen) atoms. The van der Waals surface area contributed by atoms with Crippen LogP contribution in [-0.2, 0) is 29.1 Å². The Kier molecular flexibility index (Phi) is 16.6. The van der Waals surface area contributed by atoms with Crippen LogP contribution in [0.25, 0.3) is 0 Å². The van der Waals surface area contributed by atoms with E-state index in [9.17, 15) is 27.8 Å². The molecule has 0 spiro atoms. The molecule has 0 aliphatic heterocycles. The van der Waals surface area contributed by atoms with Gasteiger partial charge in [-0.2, -0.15) is 4.33 Å². The Balaban J connectivity index is 0. The number of esters is 2. The molecule has 10 nitrogen and oxygen atoms in total. The summed E-state index contributed by atoms with van der Waals surface area (Å²) in [6.45, 7) is 0.959. The zero-order valence-corrected chi connectivity index (χ0v) is 21.8. The van der Waals surface area contributed by atoms with Crippen molar-refractivity contribution in [3.63, 3.8) is 0 Å². The van der Waals surface area contributed by atoms with Crippen LogP contribution in [0, 0.1) is 47.9 Å². The van der Waals surface area contributed by atoms with Crippen molar-refractivity contribution < 1.29 is 106 Å². The van der Waals surface area contributed by atoms with Crippen LogP contribution in [0.3, 0.4) is 0 Å². The van der Waals surface area contributed by atoms with Crippen molar-refractivity contribution in [3.8, 4) is 59.4 Å². The van der Waals surface area contributed by atoms with Gasteiger partial charge in [0.05, 0.1) is 21.8 Å². The third-order valence-electron chi connectivity index (χ3n) is 2.37. The largest absolute Gasteiger partial charge is 1.00 e. The zero-order chi connectivity index (χ0) is 21.9. The molecule has 0 aromatic heterocycles. The molecule has 0 bridgehead atoms. The van der Waals surface area contributed by atoms with Crippen LogP contribution in [0.15, 0.2) is 21.9 Å². The standard InChI is InChI=1S/C17H8O10S2.2Na/c1-3-4-5-6-7-8-9-16(19)25-17-14(24-12(2)18)10-13(29(21,22)23)11-15(17)28-27-26-20;;/h1,10-11,20H,2H3,(H,21,22,23);;/q;2*+1/p-2. The minimum absolute atomic E-state index is 0. The maximum atomic E-state index is 11.9. The van der Waals surface area contributed by atoms with Gasteiger partial charge in [-0.3, -0.25) is 9.83 Å². The molecule has 14 heteroatoms. The first-order valence-corrected chi connectivity index (χ1v) is 8.98. The Labute approximate surface area is 226 Å². The molecule has 0 amide bonds. The molecule has 0 aliphatic carbocycles. The molecule has 148 valence electrons. The van der Waals surface area contributed by atoms with E-state index in [0.29, 0.717) is 12.1 Å². The number of terminal acetylenes is 1. The molecule has 0 heterocycles. The SMILES string of the molecule is C#CC#CC#CC#CC(=O)Oc1c(OC(C)=O)cc(S(=O)(=O)[O-])cc1SOO[O-].[Na+].[Na+]. The van der Waals surface area contributed by atoms with E-state index >= 15 is 0 Å². The van der Waals surface area contributed by atoms with E-state index in [1.807, 2.05) is 11.8 Å². The Morgan fingerprint density at radius 1 is 1.06 bits per heavy atom. The predicted octanol–water partition coefficient (Wildman–Crippen LogP) is -6.70. The number of hydrogen-bond acceptors (Lipinski definition) is 11. The van der Waals surface area contributed by atoms with Crippen molar-refractivity contribution in [1.82, 2.24) is 0 Å². The zero-order valence-electron chi connectivity index (χ0n) is 16.1. The molecule has 0 N–H and O–H groups in total. The summed E-state index contributed by atoms with van der Waals surface area (Å²) in [5.74, 6) is 11.5. The molecule has 1 aromatic rings. The van der Waals surface area contributed by atoms with Crippen molar-refractivity contribution in [1.29, 1.82) is 0 Å². The molecular weight excluding hydrogens is 474 g/mol. The number of rotatable bonds is 6. The van der Waals surface area contributed by atoms with Gasteiger partial charge in [-0.1, -0.05) is 0 Å². The van der Waals surface area contributed by atoms with Crippen molar-refractivity contribution in [2.45, 2.75) is 16.7 Å². The quantitative estimate of drug-likeness (QED) is 0.0440. The van der Waals surface area contributed by atoms with Gasteiger partial charge in [-0.05, 0) is 41.6 Å². The van der Waals surface area contributed by atoms with Crippen LogP contribution in [0.4, 0.5) is 0 Å². The number of benzene rings is 1. The Hall–Kier alpha value is -1.46. The molecule has 0 unspecified atom stereocenters. The second-order valence-corrected chi connectivity index (χ2v) is 6.42. The first kappa shape index (κ1) is 31.7. The molecule has 0 saturated heterocycles. The molecule has 0 radical (unpaired) electrons. The van der Waals surface area contributed by atoms with E-state index in [1.54, 1.807) is 0 Å². The van der Waals surface area contributed by atoms with Crippen LogP contribution in [0.1, 0.15) is 6.92 Å². The minimum atomic E-state index is -5.02. The van der Waals surface area contributed by atoms with E-state index < -0.39 is 43.3 Å². The minimum Gasteiger partial charge on any atom is -0.744 e. The topological polar surface area (TPSA) is 151 Å². The van der Waals surface area contributed by atoms with E-state index in [2.05, 4.69) is 39.0 Å². The van der Waals surface area contributed by atoms with Gasteiger partial charge in [-0.25, -0.2) is 13.2 Å². The van der Waals surface area contributed by atoms with Gasteiger partial charge in [0.15, 0.2) is 11.5 Å². The third kappa shape index (κ3) is 12.2. The fourth-order valence-corrected chi connectivity index (χ4v) is 2.55. The third-order valence-corrected chi connectivity index (χ3v) is 3.79.